The zero-order valence-electron chi connectivity index (χ0n) is 17.1. The van der Waals surface area contributed by atoms with Gasteiger partial charge in [0.25, 0.3) is 0 Å². The fourth-order valence-corrected chi connectivity index (χ4v) is 5.84. The van der Waals surface area contributed by atoms with Crippen LogP contribution in [0, 0.1) is 19.8 Å². The van der Waals surface area contributed by atoms with E-state index in [1.165, 1.54) is 26.5 Å². The van der Waals surface area contributed by atoms with E-state index in [0.29, 0.717) is 19.6 Å². The maximum Gasteiger partial charge on any atom is 0.309 e. The Hall–Kier alpha value is -1.51. The number of hydrogen-bond acceptors (Lipinski definition) is 6. The molecule has 0 spiro atoms. The first-order chi connectivity index (χ1) is 14.0. The Labute approximate surface area is 180 Å². The molecule has 0 saturated carbocycles. The summed E-state index contributed by atoms with van der Waals surface area (Å²) in [4.78, 5) is 18.6. The predicted molar refractivity (Wildman–Crippen MR) is 121 cm³/mol. The Morgan fingerprint density at radius 3 is 2.07 bits per heavy atom. The third-order valence-corrected chi connectivity index (χ3v) is 7.56. The first-order valence-electron chi connectivity index (χ1n) is 10.1. The number of carbonyl (C=O) groups is 1. The highest BCUT2D eigenvalue weighted by Crippen LogP contribution is 2.35. The van der Waals surface area contributed by atoms with Crippen molar-refractivity contribution < 1.29 is 15.0 Å². The minimum absolute atomic E-state index is 0.0682. The summed E-state index contributed by atoms with van der Waals surface area (Å²) < 4.78 is 0. The van der Waals surface area contributed by atoms with E-state index in [2.05, 4.69) is 52.6 Å². The van der Waals surface area contributed by atoms with Gasteiger partial charge in [-0.2, -0.15) is 0 Å². The monoisotopic (exact) mass is 434 g/mol. The van der Waals surface area contributed by atoms with Crippen LogP contribution in [0.2, 0.25) is 0 Å². The van der Waals surface area contributed by atoms with Crippen molar-refractivity contribution in [2.24, 2.45) is 5.92 Å². The summed E-state index contributed by atoms with van der Waals surface area (Å²) in [5.74, 6) is -1.16. The molecule has 1 unspecified atom stereocenters. The van der Waals surface area contributed by atoms with Gasteiger partial charge in [0.1, 0.15) is 0 Å². The normalized spacial score (nSPS) is 18.5. The van der Waals surface area contributed by atoms with Gasteiger partial charge >= 0.3 is 5.97 Å². The van der Waals surface area contributed by atoms with Crippen molar-refractivity contribution in [2.45, 2.75) is 20.3 Å². The van der Waals surface area contributed by atoms with Gasteiger partial charge in [-0.05, 0) is 54.3 Å². The molecule has 29 heavy (non-hydrogen) atoms. The zero-order chi connectivity index (χ0) is 20.8. The Bertz CT molecular complexity index is 800. The second-order valence-electron chi connectivity index (χ2n) is 7.63. The largest absolute Gasteiger partial charge is 0.481 e. The highest BCUT2D eigenvalue weighted by molar-refractivity contribution is 7.14. The Kier molecular flexibility index (Phi) is 8.03. The molecule has 0 aliphatic carbocycles. The van der Waals surface area contributed by atoms with Crippen molar-refractivity contribution in [1.82, 2.24) is 9.80 Å². The van der Waals surface area contributed by atoms with Gasteiger partial charge in [-0.25, -0.2) is 0 Å². The molecule has 0 aromatic carbocycles. The first-order valence-corrected chi connectivity index (χ1v) is 11.8. The van der Waals surface area contributed by atoms with Crippen LogP contribution in [0.5, 0.6) is 0 Å². The second kappa shape index (κ2) is 10.5. The lowest BCUT2D eigenvalue weighted by Gasteiger charge is -2.21. The molecule has 7 heteroatoms. The number of aliphatic hydroxyl groups is 1. The van der Waals surface area contributed by atoms with Crippen LogP contribution in [0.15, 0.2) is 29.0 Å². The molecule has 1 fully saturated rings. The van der Waals surface area contributed by atoms with E-state index in [-0.39, 0.29) is 6.61 Å². The van der Waals surface area contributed by atoms with Gasteiger partial charge in [-0.15, -0.1) is 22.7 Å². The molecule has 0 bridgehead atoms. The van der Waals surface area contributed by atoms with Crippen LogP contribution in [0.25, 0.3) is 5.57 Å². The third-order valence-electron chi connectivity index (χ3n) is 5.46. The minimum Gasteiger partial charge on any atom is -0.481 e. The van der Waals surface area contributed by atoms with Crippen LogP contribution in [0.1, 0.15) is 27.3 Å². The van der Waals surface area contributed by atoms with E-state index in [4.69, 9.17) is 0 Å². The van der Waals surface area contributed by atoms with Crippen molar-refractivity contribution in [2.75, 3.05) is 45.9 Å². The number of hydrogen-bond donors (Lipinski definition) is 2. The van der Waals surface area contributed by atoms with Crippen LogP contribution in [0.4, 0.5) is 0 Å². The molecule has 3 heterocycles. The molecule has 5 nitrogen and oxygen atoms in total. The van der Waals surface area contributed by atoms with Crippen molar-refractivity contribution >= 4 is 34.2 Å². The molecule has 1 saturated heterocycles. The summed E-state index contributed by atoms with van der Waals surface area (Å²) in [6, 6.07) is 4.33. The van der Waals surface area contributed by atoms with E-state index >= 15 is 0 Å². The standard InChI is InChI=1S/C22H30N2O3S2/c1-16-5-12-28-20(16)19(21-17(2)6-13-29-21)4-3-7-23-8-9-24(10-11-25)15-18(14-23)22(26)27/h4-6,12-13,18,25H,3,7-11,14-15H2,1-2H3,(H,26,27). The molecule has 2 aromatic rings. The smallest absolute Gasteiger partial charge is 0.309 e. The molecule has 158 valence electrons. The minimum atomic E-state index is -0.750. The summed E-state index contributed by atoms with van der Waals surface area (Å²) in [7, 11) is 0. The molecule has 0 amide bonds. The lowest BCUT2D eigenvalue weighted by molar-refractivity contribution is -0.142. The lowest BCUT2D eigenvalue weighted by atomic mass is 10.0. The summed E-state index contributed by atoms with van der Waals surface area (Å²) >= 11 is 3.56. The Morgan fingerprint density at radius 1 is 1.07 bits per heavy atom. The first kappa shape index (κ1) is 22.2. The van der Waals surface area contributed by atoms with E-state index in [9.17, 15) is 15.0 Å². The fourth-order valence-electron chi connectivity index (χ4n) is 3.83. The van der Waals surface area contributed by atoms with Crippen LogP contribution < -0.4 is 0 Å². The van der Waals surface area contributed by atoms with Crippen LogP contribution >= 0.6 is 22.7 Å². The number of carboxylic acid groups (broad SMARTS) is 1. The van der Waals surface area contributed by atoms with E-state index in [1.807, 2.05) is 0 Å². The van der Waals surface area contributed by atoms with E-state index in [0.717, 1.165) is 26.1 Å². The number of rotatable bonds is 8. The highest BCUT2D eigenvalue weighted by atomic mass is 32.1. The molecule has 0 radical (unpaired) electrons. The molecule has 2 N–H and O–H groups in total. The molecule has 2 aromatic heterocycles. The average Bonchev–Trinajstić information content (AvgIpc) is 3.24. The van der Waals surface area contributed by atoms with Gasteiger partial charge in [0.2, 0.25) is 0 Å². The van der Waals surface area contributed by atoms with Crippen LogP contribution in [-0.2, 0) is 4.79 Å². The molecular weight excluding hydrogens is 404 g/mol. The van der Waals surface area contributed by atoms with Crippen LogP contribution in [0.3, 0.4) is 0 Å². The van der Waals surface area contributed by atoms with E-state index < -0.39 is 11.9 Å². The number of aliphatic hydroxyl groups excluding tert-OH is 1. The summed E-state index contributed by atoms with van der Waals surface area (Å²) in [5.41, 5.74) is 3.90. The number of nitrogens with zero attached hydrogens (tertiary/aromatic N) is 2. The predicted octanol–water partition coefficient (Wildman–Crippen LogP) is 3.56. The molecule has 1 atom stereocenters. The number of β-amino-alcohol motifs (C(OH)–C–C–N with tert-alkyl or cyclic N) is 1. The SMILES string of the molecule is Cc1ccsc1C(=CCCN1CCN(CCO)CC(C(=O)O)C1)c1sccc1C. The second-order valence-corrected chi connectivity index (χ2v) is 9.46. The van der Waals surface area contributed by atoms with Gasteiger partial charge in [-0.1, -0.05) is 6.08 Å². The Morgan fingerprint density at radius 2 is 1.62 bits per heavy atom. The molecule has 3 rings (SSSR count). The fraction of sp³-hybridized carbons (Fsp3) is 0.500. The highest BCUT2D eigenvalue weighted by Gasteiger charge is 2.27. The van der Waals surface area contributed by atoms with Crippen molar-refractivity contribution in [3.63, 3.8) is 0 Å². The maximum atomic E-state index is 11.6. The van der Waals surface area contributed by atoms with Gasteiger partial charge in [0.15, 0.2) is 0 Å². The van der Waals surface area contributed by atoms with Gasteiger partial charge in [-0.3, -0.25) is 9.69 Å². The van der Waals surface area contributed by atoms with Gasteiger partial charge in [0, 0.05) is 54.6 Å². The van der Waals surface area contributed by atoms with E-state index in [1.54, 1.807) is 22.7 Å². The summed E-state index contributed by atoms with van der Waals surface area (Å²) in [6.45, 7) is 8.48. The number of carboxylic acids is 1. The summed E-state index contributed by atoms with van der Waals surface area (Å²) in [5, 5.41) is 23.1. The lowest BCUT2D eigenvalue weighted by Crippen LogP contribution is -2.35. The van der Waals surface area contributed by atoms with Gasteiger partial charge < -0.3 is 15.1 Å². The molecule has 1 aliphatic heterocycles. The maximum absolute atomic E-state index is 11.6. The number of aryl methyl sites for hydroxylation is 2. The quantitative estimate of drug-likeness (QED) is 0.665. The van der Waals surface area contributed by atoms with Crippen LogP contribution in [-0.4, -0.2) is 71.9 Å². The topological polar surface area (TPSA) is 64.0 Å². The number of aliphatic carboxylic acids is 1. The number of thiophene rings is 2. The van der Waals surface area contributed by atoms with Gasteiger partial charge in [0.05, 0.1) is 12.5 Å². The summed E-state index contributed by atoms with van der Waals surface area (Å²) in [6.07, 6.45) is 3.21. The zero-order valence-corrected chi connectivity index (χ0v) is 18.8. The van der Waals surface area contributed by atoms with Crippen molar-refractivity contribution in [1.29, 1.82) is 0 Å². The Balaban J connectivity index is 1.72. The van der Waals surface area contributed by atoms with Crippen molar-refractivity contribution in [3.05, 3.63) is 49.9 Å². The molecular formula is C22H30N2O3S2. The molecule has 1 aliphatic rings. The van der Waals surface area contributed by atoms with Crippen molar-refractivity contribution in [3.8, 4) is 0 Å². The average molecular weight is 435 g/mol. The third kappa shape index (κ3) is 5.77.